The van der Waals surface area contributed by atoms with Crippen LogP contribution in [0, 0.1) is 23.7 Å². The Morgan fingerprint density at radius 3 is 0.723 bits per heavy atom. The monoisotopic (exact) mass is 2210 g/mol. The van der Waals surface area contributed by atoms with E-state index in [1.54, 1.807) is 0 Å². The molecule has 52 nitrogen and oxygen atoms in total. The van der Waals surface area contributed by atoms with Gasteiger partial charge in [-0.1, -0.05) is 135 Å². The summed E-state index contributed by atoms with van der Waals surface area (Å²) < 4.78 is 0. The summed E-state index contributed by atoms with van der Waals surface area (Å²) in [5, 5.41) is 107. The fraction of sp³-hybridized carbons (Fsp3) is 0.744. The predicted molar refractivity (Wildman–Crippen MR) is 553 cm³/mol. The van der Waals surface area contributed by atoms with Gasteiger partial charge < -0.3 is 154 Å². The van der Waals surface area contributed by atoms with Gasteiger partial charge in [-0.3, -0.25) is 110 Å². The van der Waals surface area contributed by atoms with E-state index < -0.39 is 323 Å². The fourth-order valence-corrected chi connectivity index (χ4v) is 18.6. The number of hydrogen-bond donors (Lipinski definition) is 35. The number of thiol groups is 6. The lowest BCUT2D eigenvalue weighted by Crippen LogP contribution is -2.62. The quantitative estimate of drug-likeness (QED) is 0.0199. The van der Waals surface area contributed by atoms with E-state index in [0.29, 0.717) is 51.5 Å². The first-order valence-electron chi connectivity index (χ1n) is 49.7. The number of hydrogen-bond acceptors (Lipinski definition) is 35. The van der Waals surface area contributed by atoms with Crippen molar-refractivity contribution in [2.24, 2.45) is 40.9 Å². The Kier molecular flexibility index (Phi) is 62.7. The molecule has 4 aliphatic rings. The zero-order valence-electron chi connectivity index (χ0n) is 82.6. The molecular weight excluding hydrogens is 2060 g/mol. The lowest BCUT2D eigenvalue weighted by Gasteiger charge is -2.30. The van der Waals surface area contributed by atoms with Crippen LogP contribution in [0.1, 0.15) is 199 Å². The highest BCUT2D eigenvalue weighted by Crippen LogP contribution is 2.32. The molecule has 0 heterocycles. The van der Waals surface area contributed by atoms with E-state index in [9.17, 15) is 141 Å². The first kappa shape index (κ1) is 130. The third-order valence-corrected chi connectivity index (χ3v) is 27.7. The maximum absolute atomic E-state index is 14.6. The summed E-state index contributed by atoms with van der Waals surface area (Å²) in [6.45, 7) is -7.90. The Hall–Kier alpha value is -10.3. The highest BCUT2D eigenvalue weighted by atomic mass is 32.1. The average molecular weight is 2210 g/mol. The van der Waals surface area contributed by atoms with Gasteiger partial charge in [0.15, 0.2) is 0 Å². The molecule has 0 spiro atoms. The molecule has 0 saturated heterocycles. The number of carboxylic acid groups (broad SMARTS) is 2. The molecule has 58 heteroatoms. The summed E-state index contributed by atoms with van der Waals surface area (Å²) in [5.41, 5.74) is 17.0. The molecule has 0 aromatic carbocycles. The van der Waals surface area contributed by atoms with E-state index in [2.05, 4.69) is 171 Å². The maximum atomic E-state index is 14.6. The number of carbonyl (C=O) groups excluding carboxylic acids is 21. The van der Waals surface area contributed by atoms with Crippen LogP contribution in [-0.4, -0.2) is 363 Å². The van der Waals surface area contributed by atoms with Crippen LogP contribution in [0.15, 0.2) is 0 Å². The third-order valence-electron chi connectivity index (χ3n) is 25.5. The molecule has 32 N–H and O–H groups in total. The van der Waals surface area contributed by atoms with Crippen LogP contribution in [0.4, 0.5) is 0 Å². The number of nitrogens with one attached hydrogen (secondary N) is 20. The topological polar surface area (TPSA) is 833 Å². The third kappa shape index (κ3) is 48.7. The number of unbranched alkanes of at least 4 members (excludes halogenated alkanes) is 1. The minimum Gasteiger partial charge on any atom is -0.481 e. The standard InChI is InChI=1S/C90H151N23O29S6/c91-28-14-13-23-51(92)75(127)95-35-71(121)100-61(40-117)84(136)102-52(24-26-72(122)123)78(130)106-58(37-114)76(128)96-33-68(118)94-34-69(119)99-60(39-116)83(135)101-53(25-27-73(124)125)79(131)107-59(38-115)77(129)97-36-70(120)98-55(30-48-17-7-2-8-18-48)80(132)108-65(44-146)88(140)112-63(42-144)86(138)104-57(32-50-21-11-4-12-22-50)82(134)110-67(46-148)90(142)113-64(43-145)87(139)105-56(31-49-19-9-3-10-20-49)81(133)109-66(45-147)89(141)111-62(41-143)85(137)103-54(74(93)126)29-47-15-5-1-6-16-47/h47-67,114-117,143-148H,1-46,91-92H2,(H2,93,126)(H,94,118)(H,95,127)(H,96,128)(H,97,129)(H,98,120)(H,99,119)(H,100,121)(H,101,135)(H,102,136)(H,103,137)(H,104,138)(H,105,139)(H,106,130)(H,107,131)(H,108,132)(H,109,133)(H,110,134)(H,111,141)(H,112,140)(H,113,142)(H,122,123)(H,124,125)/t51-,52-,53-,54-,55-,56-,57-,58-,59-,60-,61-,62-,63-,64-,65-,66-,67-/m0/s1. The molecule has 4 saturated carbocycles. The van der Waals surface area contributed by atoms with Gasteiger partial charge in [0.05, 0.1) is 58.6 Å². The predicted octanol–water partition coefficient (Wildman–Crippen LogP) is -9.69. The van der Waals surface area contributed by atoms with Crippen molar-refractivity contribution < 1.29 is 141 Å². The summed E-state index contributed by atoms with van der Waals surface area (Å²) in [7, 11) is 0. The molecule has 4 rings (SSSR count). The number of nitrogens with two attached hydrogens (primary N) is 3. The SMILES string of the molecule is NCCCC[C@H](N)C(=O)NCC(=O)N[C@@H](CO)C(=O)N[C@@H](CCC(=O)O)C(=O)N[C@@H](CO)C(=O)NCC(=O)NCC(=O)N[C@@H](CO)C(=O)N[C@@H](CCC(=O)O)C(=O)N[C@@H](CO)C(=O)NCC(=O)N[C@@H](CC1CCCCC1)C(=O)N[C@@H](CS)C(=O)N[C@@H](CS)C(=O)N[C@@H](CC1CCCCC1)C(=O)N[C@@H](CS)C(=O)N[C@@H](CS)C(=O)N[C@@H](CC1CCCCC1)C(=O)N[C@@H](CS)C(=O)N[C@@H](CS)C(=O)N[C@@H](CC1CCCCC1)C(N)=O. The number of carboxylic acids is 2. The van der Waals surface area contributed by atoms with Gasteiger partial charge >= 0.3 is 11.9 Å². The van der Waals surface area contributed by atoms with Crippen LogP contribution in [-0.2, 0) is 110 Å². The van der Waals surface area contributed by atoms with Crippen LogP contribution < -0.4 is 124 Å². The van der Waals surface area contributed by atoms with Crippen molar-refractivity contribution >= 4 is 212 Å². The number of amides is 21. The van der Waals surface area contributed by atoms with Crippen LogP contribution in [0.2, 0.25) is 0 Å². The number of rotatable bonds is 69. The molecule has 148 heavy (non-hydrogen) atoms. The average Bonchev–Trinajstić information content (AvgIpc) is 0.871. The summed E-state index contributed by atoms with van der Waals surface area (Å²) in [6.07, 6.45) is 15.3. The maximum Gasteiger partial charge on any atom is 0.303 e. The van der Waals surface area contributed by atoms with E-state index >= 15 is 0 Å². The zero-order valence-corrected chi connectivity index (χ0v) is 88.0. The van der Waals surface area contributed by atoms with Gasteiger partial charge in [-0.05, 0) is 81.6 Å². The smallest absolute Gasteiger partial charge is 0.303 e. The molecule has 0 unspecified atom stereocenters. The van der Waals surface area contributed by atoms with Gasteiger partial charge in [-0.15, -0.1) is 0 Å². The second-order valence-corrected chi connectivity index (χ2v) is 39.2. The van der Waals surface area contributed by atoms with Crippen molar-refractivity contribution in [3.8, 4) is 0 Å². The van der Waals surface area contributed by atoms with Crippen molar-refractivity contribution in [2.45, 2.75) is 302 Å². The molecule has 0 radical (unpaired) electrons. The Morgan fingerprint density at radius 2 is 0.453 bits per heavy atom. The molecular formula is C90H151N23O29S6. The Bertz CT molecular complexity index is 4410. The van der Waals surface area contributed by atoms with E-state index in [-0.39, 0.29) is 78.1 Å². The van der Waals surface area contributed by atoms with E-state index in [1.165, 1.54) is 0 Å². The lowest BCUT2D eigenvalue weighted by atomic mass is 9.84. The molecule has 0 bridgehead atoms. The number of primary amides is 1. The molecule has 0 aliphatic heterocycles. The van der Waals surface area contributed by atoms with E-state index in [1.807, 2.05) is 10.6 Å². The van der Waals surface area contributed by atoms with E-state index in [0.717, 1.165) is 103 Å². The van der Waals surface area contributed by atoms with Gasteiger partial charge in [0.2, 0.25) is 124 Å². The van der Waals surface area contributed by atoms with Crippen molar-refractivity contribution in [1.82, 2.24) is 106 Å². The largest absolute Gasteiger partial charge is 0.481 e. The van der Waals surface area contributed by atoms with Gasteiger partial charge in [-0.2, -0.15) is 75.8 Å². The number of aliphatic hydroxyl groups excluding tert-OH is 4. The Morgan fingerprint density at radius 1 is 0.243 bits per heavy atom. The van der Waals surface area contributed by atoms with Crippen LogP contribution in [0.5, 0.6) is 0 Å². The van der Waals surface area contributed by atoms with E-state index in [4.69, 9.17) is 17.2 Å². The molecule has 17 atom stereocenters. The Balaban J connectivity index is 1.37. The van der Waals surface area contributed by atoms with Crippen molar-refractivity contribution in [1.29, 1.82) is 0 Å². The number of aliphatic hydroxyl groups is 4. The highest BCUT2D eigenvalue weighted by Gasteiger charge is 2.41. The molecule has 4 aliphatic carbocycles. The van der Waals surface area contributed by atoms with Crippen LogP contribution in [0.25, 0.3) is 0 Å². The second-order valence-electron chi connectivity index (χ2n) is 37.0. The van der Waals surface area contributed by atoms with Gasteiger partial charge in [0, 0.05) is 47.4 Å². The minimum atomic E-state index is -1.96. The summed E-state index contributed by atoms with van der Waals surface area (Å²) >= 11 is 26.0. The first-order valence-corrected chi connectivity index (χ1v) is 53.5. The van der Waals surface area contributed by atoms with Crippen molar-refractivity contribution in [3.63, 3.8) is 0 Å². The van der Waals surface area contributed by atoms with Crippen molar-refractivity contribution in [3.05, 3.63) is 0 Å². The number of carbonyl (C=O) groups is 23. The van der Waals surface area contributed by atoms with Crippen LogP contribution >= 0.6 is 75.8 Å². The minimum absolute atomic E-state index is 0.00653. The molecule has 0 aromatic heterocycles. The lowest BCUT2D eigenvalue weighted by molar-refractivity contribution is -0.139. The van der Waals surface area contributed by atoms with Crippen molar-refractivity contribution in [2.75, 3.05) is 93.7 Å². The normalized spacial score (nSPS) is 17.5. The summed E-state index contributed by atoms with van der Waals surface area (Å²) in [5.74, 6) is -26.2. The number of aliphatic carboxylic acids is 2. The molecule has 4 fully saturated rings. The fourth-order valence-electron chi connectivity index (χ4n) is 17.0. The molecule has 836 valence electrons. The van der Waals surface area contributed by atoms with Gasteiger partial charge in [-0.25, -0.2) is 0 Å². The molecule has 21 amide bonds. The zero-order chi connectivity index (χ0) is 110. The highest BCUT2D eigenvalue weighted by molar-refractivity contribution is 7.81. The first-order chi connectivity index (χ1) is 70.5. The Labute approximate surface area is 890 Å². The molecule has 0 aromatic rings. The second kappa shape index (κ2) is 71.4. The van der Waals surface area contributed by atoms with Gasteiger partial charge in [0.1, 0.15) is 96.7 Å². The van der Waals surface area contributed by atoms with Crippen LogP contribution in [0.3, 0.4) is 0 Å². The summed E-state index contributed by atoms with van der Waals surface area (Å²) in [6, 6.07) is -25.9. The summed E-state index contributed by atoms with van der Waals surface area (Å²) in [4.78, 5) is 309. The van der Waals surface area contributed by atoms with Gasteiger partial charge in [0.25, 0.3) is 0 Å².